The number of rotatable bonds is 6. The molecule has 0 radical (unpaired) electrons. The maximum atomic E-state index is 12.4. The number of ether oxygens (including phenoxy) is 1. The highest BCUT2D eigenvalue weighted by Crippen LogP contribution is 2.19. The summed E-state index contributed by atoms with van der Waals surface area (Å²) in [5, 5.41) is 0. The van der Waals surface area contributed by atoms with Crippen LogP contribution in [0.15, 0.2) is 35.2 Å². The molecule has 2 fully saturated rings. The van der Waals surface area contributed by atoms with Crippen LogP contribution in [-0.4, -0.2) is 71.7 Å². The van der Waals surface area contributed by atoms with E-state index in [-0.39, 0.29) is 0 Å². The maximum absolute atomic E-state index is 12.4. The Morgan fingerprint density at radius 2 is 1.87 bits per heavy atom. The van der Waals surface area contributed by atoms with Crippen molar-refractivity contribution in [2.24, 2.45) is 0 Å². The van der Waals surface area contributed by atoms with Gasteiger partial charge in [-0.25, -0.2) is 0 Å². The van der Waals surface area contributed by atoms with E-state index >= 15 is 0 Å². The Kier molecular flexibility index (Phi) is 6.63. The van der Waals surface area contributed by atoms with Crippen LogP contribution in [0.2, 0.25) is 0 Å². The van der Waals surface area contributed by atoms with Crippen LogP contribution in [0.25, 0.3) is 0 Å². The minimum atomic E-state index is -0.882. The van der Waals surface area contributed by atoms with Crippen molar-refractivity contribution in [3.05, 3.63) is 30.3 Å². The van der Waals surface area contributed by atoms with E-state index in [0.29, 0.717) is 6.04 Å². The molecule has 3 rings (SSSR count). The van der Waals surface area contributed by atoms with Crippen molar-refractivity contribution in [2.45, 2.75) is 30.2 Å². The Labute approximate surface area is 142 Å². The molecule has 4 nitrogen and oxygen atoms in total. The van der Waals surface area contributed by atoms with Crippen molar-refractivity contribution in [3.63, 3.8) is 0 Å². The molecule has 0 bridgehead atoms. The fourth-order valence-electron chi connectivity index (χ4n) is 3.53. The Bertz CT molecular complexity index is 491. The molecule has 2 atom stereocenters. The monoisotopic (exact) mass is 336 g/mol. The van der Waals surface area contributed by atoms with E-state index in [1.807, 2.05) is 30.3 Å². The molecule has 0 amide bonds. The Hall–Kier alpha value is -0.750. The number of morpholine rings is 1. The molecule has 5 heteroatoms. The van der Waals surface area contributed by atoms with Gasteiger partial charge in [0.05, 0.1) is 24.0 Å². The summed E-state index contributed by atoms with van der Waals surface area (Å²) < 4.78 is 17.9. The van der Waals surface area contributed by atoms with Crippen LogP contribution >= 0.6 is 0 Å². The van der Waals surface area contributed by atoms with Crippen LogP contribution in [-0.2, 0) is 15.5 Å². The van der Waals surface area contributed by atoms with Gasteiger partial charge in [0.2, 0.25) is 0 Å². The highest BCUT2D eigenvalue weighted by atomic mass is 32.2. The van der Waals surface area contributed by atoms with Crippen molar-refractivity contribution in [1.29, 1.82) is 0 Å². The molecule has 2 aliphatic rings. The molecule has 1 aromatic rings. The van der Waals surface area contributed by atoms with E-state index in [0.717, 1.165) is 56.6 Å². The van der Waals surface area contributed by atoms with Crippen molar-refractivity contribution in [3.8, 4) is 0 Å². The van der Waals surface area contributed by atoms with E-state index in [2.05, 4.69) is 9.80 Å². The number of nitrogens with zero attached hydrogens (tertiary/aromatic N) is 2. The van der Waals surface area contributed by atoms with Gasteiger partial charge in [-0.15, -0.1) is 0 Å². The van der Waals surface area contributed by atoms with Crippen molar-refractivity contribution in [2.75, 3.05) is 51.7 Å². The number of hydrogen-bond donors (Lipinski definition) is 0. The van der Waals surface area contributed by atoms with Crippen molar-refractivity contribution >= 4 is 10.8 Å². The highest BCUT2D eigenvalue weighted by Gasteiger charge is 2.25. The van der Waals surface area contributed by atoms with Gasteiger partial charge in [0, 0.05) is 42.9 Å². The molecular formula is C18H28N2O2S. The largest absolute Gasteiger partial charge is 0.379 e. The molecule has 2 aliphatic heterocycles. The number of piperidine rings is 1. The second kappa shape index (κ2) is 8.92. The van der Waals surface area contributed by atoms with E-state index in [1.165, 1.54) is 19.3 Å². The summed E-state index contributed by atoms with van der Waals surface area (Å²) in [5.74, 6) is 0.740. The van der Waals surface area contributed by atoms with Gasteiger partial charge in [0.15, 0.2) is 0 Å². The van der Waals surface area contributed by atoms with E-state index in [4.69, 9.17) is 4.74 Å². The van der Waals surface area contributed by atoms with Crippen LogP contribution < -0.4 is 0 Å². The quantitative estimate of drug-likeness (QED) is 0.795. The first kappa shape index (κ1) is 17.1. The SMILES string of the molecule is O=[S@](CCN1CCCC[C@@H]1CN1CCOCC1)c1ccccc1. The van der Waals surface area contributed by atoms with E-state index in [1.54, 1.807) is 0 Å². The number of likely N-dealkylation sites (tertiary alicyclic amines) is 1. The van der Waals surface area contributed by atoms with Crippen LogP contribution in [0.4, 0.5) is 0 Å². The lowest BCUT2D eigenvalue weighted by Crippen LogP contribution is -2.50. The average molecular weight is 337 g/mol. The van der Waals surface area contributed by atoms with Gasteiger partial charge in [-0.05, 0) is 31.5 Å². The zero-order chi connectivity index (χ0) is 15.9. The summed E-state index contributed by atoms with van der Waals surface area (Å²) in [6.07, 6.45) is 3.88. The topological polar surface area (TPSA) is 32.8 Å². The minimum Gasteiger partial charge on any atom is -0.379 e. The fourth-order valence-corrected chi connectivity index (χ4v) is 4.63. The highest BCUT2D eigenvalue weighted by molar-refractivity contribution is 7.85. The fraction of sp³-hybridized carbons (Fsp3) is 0.667. The molecule has 0 unspecified atom stereocenters. The molecule has 23 heavy (non-hydrogen) atoms. The minimum absolute atomic E-state index is 0.620. The molecule has 0 aromatic heterocycles. The molecule has 128 valence electrons. The van der Waals surface area contributed by atoms with Crippen molar-refractivity contribution in [1.82, 2.24) is 9.80 Å². The lowest BCUT2D eigenvalue weighted by atomic mass is 10.0. The van der Waals surface area contributed by atoms with Gasteiger partial charge < -0.3 is 4.74 Å². The number of hydrogen-bond acceptors (Lipinski definition) is 4. The summed E-state index contributed by atoms with van der Waals surface area (Å²) in [4.78, 5) is 6.05. The summed E-state index contributed by atoms with van der Waals surface area (Å²) >= 11 is 0. The second-order valence-corrected chi connectivity index (χ2v) is 8.03. The molecular weight excluding hydrogens is 308 g/mol. The van der Waals surface area contributed by atoms with Gasteiger partial charge in [-0.1, -0.05) is 24.6 Å². The Morgan fingerprint density at radius 3 is 2.65 bits per heavy atom. The predicted octanol–water partition coefficient (Wildman–Crippen LogP) is 1.98. The zero-order valence-corrected chi connectivity index (χ0v) is 14.7. The van der Waals surface area contributed by atoms with Crippen LogP contribution in [0.3, 0.4) is 0 Å². The normalized spacial score (nSPS) is 25.3. The zero-order valence-electron chi connectivity index (χ0n) is 13.9. The molecule has 0 saturated carbocycles. The van der Waals surface area contributed by atoms with Crippen LogP contribution in [0.5, 0.6) is 0 Å². The third kappa shape index (κ3) is 5.11. The number of benzene rings is 1. The van der Waals surface area contributed by atoms with Gasteiger partial charge in [-0.2, -0.15) is 0 Å². The first-order chi connectivity index (χ1) is 11.3. The van der Waals surface area contributed by atoms with E-state index < -0.39 is 10.8 Å². The van der Waals surface area contributed by atoms with Gasteiger partial charge in [-0.3, -0.25) is 14.0 Å². The first-order valence-corrected chi connectivity index (χ1v) is 10.1. The summed E-state index contributed by atoms with van der Waals surface area (Å²) in [7, 11) is -0.882. The summed E-state index contributed by atoms with van der Waals surface area (Å²) in [6.45, 7) is 7.08. The smallest absolute Gasteiger partial charge is 0.0594 e. The van der Waals surface area contributed by atoms with Gasteiger partial charge in [0.1, 0.15) is 0 Å². The average Bonchev–Trinajstić information content (AvgIpc) is 2.62. The molecule has 0 spiro atoms. The summed E-state index contributed by atoms with van der Waals surface area (Å²) in [5.41, 5.74) is 0. The van der Waals surface area contributed by atoms with Gasteiger partial charge >= 0.3 is 0 Å². The molecule has 2 saturated heterocycles. The first-order valence-electron chi connectivity index (χ1n) is 8.80. The second-order valence-electron chi connectivity index (χ2n) is 6.46. The van der Waals surface area contributed by atoms with Crippen molar-refractivity contribution < 1.29 is 8.95 Å². The van der Waals surface area contributed by atoms with E-state index in [9.17, 15) is 4.21 Å². The lowest BCUT2D eigenvalue weighted by Gasteiger charge is -2.39. The molecule has 1 aromatic carbocycles. The molecule has 2 heterocycles. The molecule has 0 N–H and O–H groups in total. The Morgan fingerprint density at radius 1 is 1.09 bits per heavy atom. The lowest BCUT2D eigenvalue weighted by molar-refractivity contribution is 0.0177. The standard InChI is InChI=1S/C18H28N2O2S/c21-23(18-7-2-1-3-8-18)15-12-20-9-5-4-6-17(20)16-19-10-13-22-14-11-19/h1-3,7-8,17H,4-6,9-16H2/t17-,23-/m1/s1. The van der Waals surface area contributed by atoms with Crippen LogP contribution in [0.1, 0.15) is 19.3 Å². The Balaban J connectivity index is 1.51. The van der Waals surface area contributed by atoms with Gasteiger partial charge in [0.25, 0.3) is 0 Å². The van der Waals surface area contributed by atoms with Crippen LogP contribution in [0, 0.1) is 0 Å². The predicted molar refractivity (Wildman–Crippen MR) is 94.2 cm³/mol. The third-order valence-corrected chi connectivity index (χ3v) is 6.24. The summed E-state index contributed by atoms with van der Waals surface area (Å²) in [6, 6.07) is 10.5. The molecule has 0 aliphatic carbocycles. The third-order valence-electron chi connectivity index (χ3n) is 4.89. The maximum Gasteiger partial charge on any atom is 0.0594 e.